The van der Waals surface area contributed by atoms with Gasteiger partial charge in [0.1, 0.15) is 0 Å². The number of rotatable bonds is 12. The average Bonchev–Trinajstić information content (AvgIpc) is 1.15. The van der Waals surface area contributed by atoms with Gasteiger partial charge in [-0.05, 0) is 234 Å². The molecule has 580 valence electrons. The molecule has 7 heteroatoms. The van der Waals surface area contributed by atoms with Gasteiger partial charge in [0, 0.05) is 100 Å². The van der Waals surface area contributed by atoms with Gasteiger partial charge in [0.25, 0.3) is 6.71 Å². The van der Waals surface area contributed by atoms with Crippen molar-refractivity contribution < 1.29 is 27.4 Å². The molecular formula is C114H91BN6. The fourth-order valence-corrected chi connectivity index (χ4v) is 18.3. The van der Waals surface area contributed by atoms with Crippen LogP contribution in [0, 0.1) is 0 Å². The number of anilines is 9. The highest BCUT2D eigenvalue weighted by molar-refractivity contribution is 7.00. The van der Waals surface area contributed by atoms with Crippen LogP contribution in [0.5, 0.6) is 0 Å². The summed E-state index contributed by atoms with van der Waals surface area (Å²) in [7, 11) is 0. The van der Waals surface area contributed by atoms with Gasteiger partial charge >= 0.3 is 0 Å². The molecule has 20 aromatic rings. The van der Waals surface area contributed by atoms with Crippen molar-refractivity contribution in [3.8, 4) is 61.6 Å². The lowest BCUT2D eigenvalue weighted by molar-refractivity contribution is 0.590. The number of fused-ring (bicyclic) bond motifs is 13. The fraction of sp³-hybridized carbons (Fsp3) is 0.105. The summed E-state index contributed by atoms with van der Waals surface area (Å²) in [6.45, 7) is 19.1. The molecule has 0 amide bonds. The summed E-state index contributed by atoms with van der Waals surface area (Å²) >= 11 is 0. The molecule has 121 heavy (non-hydrogen) atoms. The molecule has 0 radical (unpaired) electrons. The molecular weight excluding hydrogens is 1460 g/mol. The van der Waals surface area contributed by atoms with Gasteiger partial charge in [-0.2, -0.15) is 0 Å². The van der Waals surface area contributed by atoms with Crippen LogP contribution in [-0.4, -0.2) is 20.4 Å². The smallest absolute Gasteiger partial charge is 0.252 e. The molecule has 2 aliphatic rings. The quantitative estimate of drug-likeness (QED) is 0.114. The Bertz CT molecular complexity index is 8440. The molecule has 0 bridgehead atoms. The summed E-state index contributed by atoms with van der Waals surface area (Å²) in [6, 6.07) is 79.4. The zero-order valence-corrected chi connectivity index (χ0v) is 68.2. The molecule has 0 saturated heterocycles. The Labute approximate surface area is 736 Å². The van der Waals surface area contributed by atoms with Crippen molar-refractivity contribution >= 4 is 140 Å². The van der Waals surface area contributed by atoms with Crippen molar-refractivity contribution in [3.63, 3.8) is 0 Å². The molecule has 0 spiro atoms. The van der Waals surface area contributed by atoms with E-state index in [9.17, 15) is 21.9 Å². The Balaban J connectivity index is 0.930. The second kappa shape index (κ2) is 28.2. The predicted molar refractivity (Wildman–Crippen MR) is 516 cm³/mol. The van der Waals surface area contributed by atoms with Gasteiger partial charge < -0.3 is 28.4 Å². The van der Waals surface area contributed by atoms with Crippen molar-refractivity contribution in [1.29, 1.82) is 0 Å². The second-order valence-electron chi connectivity index (χ2n) is 34.6. The maximum absolute atomic E-state index is 10.1. The van der Waals surface area contributed by atoms with E-state index in [0.29, 0.717) is 50.7 Å². The minimum absolute atomic E-state index is 0.0769. The first-order valence-corrected chi connectivity index (χ1v) is 40.9. The van der Waals surface area contributed by atoms with Crippen LogP contribution in [0.4, 0.5) is 51.2 Å². The summed E-state index contributed by atoms with van der Waals surface area (Å²) in [4.78, 5) is 6.30. The zero-order valence-electron chi connectivity index (χ0n) is 88.2. The van der Waals surface area contributed by atoms with E-state index in [4.69, 9.17) is 5.48 Å². The number of nitrogens with zero attached hydrogens (tertiary/aromatic N) is 6. The fourth-order valence-electron chi connectivity index (χ4n) is 18.3. The number of aromatic nitrogens is 3. The third-order valence-electron chi connectivity index (χ3n) is 24.2. The van der Waals surface area contributed by atoms with E-state index >= 15 is 0 Å². The maximum Gasteiger partial charge on any atom is 0.252 e. The van der Waals surface area contributed by atoms with E-state index in [1.165, 1.54) is 4.57 Å². The highest BCUT2D eigenvalue weighted by Gasteiger charge is 2.46. The molecule has 0 unspecified atom stereocenters. The second-order valence-corrected chi connectivity index (χ2v) is 34.6. The van der Waals surface area contributed by atoms with Gasteiger partial charge in [-0.15, -0.1) is 0 Å². The molecule has 2 aliphatic heterocycles. The van der Waals surface area contributed by atoms with Crippen LogP contribution in [0.25, 0.3) is 127 Å². The van der Waals surface area contributed by atoms with Gasteiger partial charge in [0.2, 0.25) is 0 Å². The minimum Gasteiger partial charge on any atom is -0.311 e. The molecule has 0 atom stereocenters. The molecule has 5 heterocycles. The summed E-state index contributed by atoms with van der Waals surface area (Å²) in [5.41, 5.74) is 18.2. The monoisotopic (exact) mass is 1570 g/mol. The van der Waals surface area contributed by atoms with Crippen molar-refractivity contribution in [3.05, 3.63) is 404 Å². The molecule has 3 aromatic heterocycles. The van der Waals surface area contributed by atoms with Crippen molar-refractivity contribution in [2.24, 2.45) is 0 Å². The van der Waals surface area contributed by atoms with Crippen LogP contribution in [0.3, 0.4) is 0 Å². The highest BCUT2D eigenvalue weighted by atomic mass is 15.2. The third-order valence-corrected chi connectivity index (χ3v) is 24.2. The van der Waals surface area contributed by atoms with Gasteiger partial charge in [0.05, 0.1) is 71.9 Å². The summed E-state index contributed by atoms with van der Waals surface area (Å²) in [5, 5.41) is 1.57. The molecule has 0 aliphatic carbocycles. The molecule has 17 aromatic carbocycles. The third kappa shape index (κ3) is 12.1. The lowest BCUT2D eigenvalue weighted by atomic mass is 9.33. The summed E-state index contributed by atoms with van der Waals surface area (Å²) in [5.74, 6) is 0. The lowest BCUT2D eigenvalue weighted by Crippen LogP contribution is -2.61. The zero-order chi connectivity index (χ0) is 99.1. The Morgan fingerprint density at radius 3 is 1.12 bits per heavy atom. The van der Waals surface area contributed by atoms with Gasteiger partial charge in [-0.3, -0.25) is 0 Å². The van der Waals surface area contributed by atoms with E-state index in [0.717, 1.165) is 100 Å². The first-order valence-electron chi connectivity index (χ1n) is 50.9. The average molecular weight is 1580 g/mol. The van der Waals surface area contributed by atoms with Crippen molar-refractivity contribution in [2.45, 2.75) is 78.6 Å². The number of hydrogen-bond donors (Lipinski definition) is 0. The Kier molecular flexibility index (Phi) is 12.7. The van der Waals surface area contributed by atoms with Crippen LogP contribution < -0.4 is 31.1 Å². The molecule has 0 saturated carbocycles. The van der Waals surface area contributed by atoms with Gasteiger partial charge in [0.15, 0.2) is 0 Å². The molecule has 22 rings (SSSR count). The first kappa shape index (κ1) is 54.6. The van der Waals surface area contributed by atoms with Crippen molar-refractivity contribution in [2.75, 3.05) is 14.7 Å². The van der Waals surface area contributed by atoms with Crippen LogP contribution in [0.2, 0.25) is 0 Å². The van der Waals surface area contributed by atoms with Gasteiger partial charge in [-0.25, -0.2) is 0 Å². The minimum atomic E-state index is -0.851. The number of para-hydroxylation sites is 5. The Hall–Kier alpha value is -14.4. The van der Waals surface area contributed by atoms with E-state index < -0.39 is 121 Å². The summed E-state index contributed by atoms with van der Waals surface area (Å²) in [6.07, 6.45) is 0. The van der Waals surface area contributed by atoms with Gasteiger partial charge in [-0.1, -0.05) is 299 Å². The van der Waals surface area contributed by atoms with Crippen LogP contribution >= 0.6 is 0 Å². The van der Waals surface area contributed by atoms with Crippen LogP contribution in [-0.2, 0) is 16.2 Å². The van der Waals surface area contributed by atoms with E-state index in [-0.39, 0.29) is 89.3 Å². The standard InChI is InChI=1S/C114H91BN6/c1-112(2,3)80-51-61-104-96(66-80)97-67-81(113(4,5)6)52-62-105(97)119(104)89-72-108-110-109(73-89)121(111-94(76-37-19-12-20-38-76)68-82(114(7,8)9)69-95(111)77-39-21-13-22-40-77)107-71-87(118-102-49-31-27-45-92(102)93-46-28-32-50-103(93)118)58-60-99(107)115(110)98-59-57-86(70-106(98)120(108)88-64-78(74-33-15-10-16-34-74)63-79(65-88)75-35-17-11-18-36-75)116(83-41-23-14-24-42-83)84-53-55-85(56-54-84)117-100-47-29-25-43-90(100)91-44-26-30-48-101(91)117/h10-73H,1-9H3/i23D,24D,25D,26D,27D,28D,29D,30D,31D,32D,41D,42D,43D,44D,45D,46D,47D,48D,49D,50D. The maximum atomic E-state index is 10.1. The predicted octanol–water partition coefficient (Wildman–Crippen LogP) is 29.1. The number of benzene rings is 17. The molecule has 0 N–H and O–H groups in total. The first-order chi connectivity index (χ1) is 67.2. The SMILES string of the molecule is [2H]c1cc([2H])c([2H])c(N(c2ccc(-n3c4c([2H])c([2H])c([2H])c([2H])c4c4c([2H])c([2H])c([2H])c([2H])c43)cc2)c2ccc3c(c2)N(c2cc(-c4ccccc4)cc(-c4ccccc4)c2)c2cc(-n4c5ccc(C(C)(C)C)cc5c5cc(C(C)(C)C)ccc54)cc4c2B3c2ccc(-n3c5c([2H])c([2H])c([2H])c([2H])c5c5c([2H])c([2H])c([2H])c([2H])c53)cc2N4c2c(-c3ccccc3)cc(C(C)(C)C)cc2-c2ccccc2)c1[2H]. The Morgan fingerprint density at radius 1 is 0.256 bits per heavy atom. The topological polar surface area (TPSA) is 24.5 Å². The van der Waals surface area contributed by atoms with Crippen LogP contribution in [0.1, 0.15) is 106 Å². The summed E-state index contributed by atoms with van der Waals surface area (Å²) < 4.78 is 195. The highest BCUT2D eigenvalue weighted by Crippen LogP contribution is 2.55. The molecule has 0 fully saturated rings. The van der Waals surface area contributed by atoms with E-state index in [2.05, 4.69) is 204 Å². The Morgan fingerprint density at radius 2 is 0.653 bits per heavy atom. The van der Waals surface area contributed by atoms with E-state index in [1.807, 2.05) is 109 Å². The largest absolute Gasteiger partial charge is 0.311 e. The van der Waals surface area contributed by atoms with Crippen molar-refractivity contribution in [1.82, 2.24) is 13.7 Å². The van der Waals surface area contributed by atoms with E-state index in [1.54, 1.807) is 33.7 Å². The normalized spacial score (nSPS) is 15.1. The number of hydrogen-bond acceptors (Lipinski definition) is 3. The lowest BCUT2D eigenvalue weighted by Gasteiger charge is -2.46. The van der Waals surface area contributed by atoms with Crippen LogP contribution in [0.15, 0.2) is 388 Å². The molecule has 6 nitrogen and oxygen atoms in total.